The van der Waals surface area contributed by atoms with Crippen molar-refractivity contribution in [2.24, 2.45) is 22.2 Å². The van der Waals surface area contributed by atoms with Crippen LogP contribution in [0.25, 0.3) is 0 Å². The molecule has 0 radical (unpaired) electrons. The van der Waals surface area contributed by atoms with Gasteiger partial charge in [0.05, 0.1) is 5.92 Å². The summed E-state index contributed by atoms with van der Waals surface area (Å²) in [6.07, 6.45) is 3.18. The Kier molecular flexibility index (Phi) is 5.46. The second kappa shape index (κ2) is 5.63. The first kappa shape index (κ1) is 17.5. The fourth-order valence-electron chi connectivity index (χ4n) is 4.06. The standard InChI is InChI=1S/C16H32O2/c1-9-10-11-16(14(3,4)5,15(6,7)8)12(2)13(17)18/h12H,9-11H2,1-8H3,(H,17,18). The second-order valence-corrected chi connectivity index (χ2v) is 7.63. The molecule has 0 aromatic heterocycles. The number of hydrogen-bond donors (Lipinski definition) is 1. The Morgan fingerprint density at radius 2 is 1.44 bits per heavy atom. The molecule has 2 nitrogen and oxygen atoms in total. The number of rotatable bonds is 5. The highest BCUT2D eigenvalue weighted by molar-refractivity contribution is 5.71. The average molecular weight is 256 g/mol. The van der Waals surface area contributed by atoms with Crippen LogP contribution in [0.15, 0.2) is 0 Å². The third kappa shape index (κ3) is 3.07. The Morgan fingerprint density at radius 3 is 1.67 bits per heavy atom. The van der Waals surface area contributed by atoms with Gasteiger partial charge < -0.3 is 5.11 Å². The average Bonchev–Trinajstić information content (AvgIpc) is 2.13. The summed E-state index contributed by atoms with van der Waals surface area (Å²) in [4.78, 5) is 11.6. The molecule has 1 N–H and O–H groups in total. The van der Waals surface area contributed by atoms with E-state index in [-0.39, 0.29) is 22.2 Å². The Bertz CT molecular complexity index is 264. The largest absolute Gasteiger partial charge is 0.481 e. The molecule has 0 aliphatic carbocycles. The minimum Gasteiger partial charge on any atom is -0.481 e. The summed E-state index contributed by atoms with van der Waals surface area (Å²) in [5, 5.41) is 9.54. The van der Waals surface area contributed by atoms with Crippen LogP contribution in [0.1, 0.15) is 74.7 Å². The molecule has 1 atom stereocenters. The van der Waals surface area contributed by atoms with Gasteiger partial charge in [-0.25, -0.2) is 0 Å². The summed E-state index contributed by atoms with van der Waals surface area (Å²) in [5.41, 5.74) is -0.252. The van der Waals surface area contributed by atoms with Crippen LogP contribution in [0, 0.1) is 22.2 Å². The number of carboxylic acids is 1. The van der Waals surface area contributed by atoms with Crippen LogP contribution in [0.3, 0.4) is 0 Å². The lowest BCUT2D eigenvalue weighted by molar-refractivity contribution is -0.161. The van der Waals surface area contributed by atoms with E-state index >= 15 is 0 Å². The summed E-state index contributed by atoms with van der Waals surface area (Å²) in [7, 11) is 0. The van der Waals surface area contributed by atoms with Gasteiger partial charge in [-0.3, -0.25) is 4.79 Å². The zero-order chi connectivity index (χ0) is 14.8. The van der Waals surface area contributed by atoms with Gasteiger partial charge in [-0.15, -0.1) is 0 Å². The molecule has 0 bridgehead atoms. The van der Waals surface area contributed by atoms with Crippen molar-refractivity contribution >= 4 is 5.97 Å². The summed E-state index contributed by atoms with van der Waals surface area (Å²) in [6, 6.07) is 0. The van der Waals surface area contributed by atoms with Crippen LogP contribution in [-0.2, 0) is 4.79 Å². The highest BCUT2D eigenvalue weighted by Crippen LogP contribution is 2.59. The quantitative estimate of drug-likeness (QED) is 0.753. The second-order valence-electron chi connectivity index (χ2n) is 7.63. The van der Waals surface area contributed by atoms with Crippen molar-refractivity contribution in [3.8, 4) is 0 Å². The van der Waals surface area contributed by atoms with Crippen molar-refractivity contribution < 1.29 is 9.90 Å². The maximum Gasteiger partial charge on any atom is 0.306 e. The van der Waals surface area contributed by atoms with Crippen LogP contribution in [-0.4, -0.2) is 11.1 Å². The maximum absolute atomic E-state index is 11.6. The zero-order valence-electron chi connectivity index (χ0n) is 13.6. The van der Waals surface area contributed by atoms with Crippen molar-refractivity contribution in [1.29, 1.82) is 0 Å². The SMILES string of the molecule is CCCCC(C(C)C(=O)O)(C(C)(C)C)C(C)(C)C. The smallest absolute Gasteiger partial charge is 0.306 e. The molecule has 0 fully saturated rings. The lowest BCUT2D eigenvalue weighted by atomic mass is 9.47. The molecule has 0 spiro atoms. The predicted molar refractivity (Wildman–Crippen MR) is 77.7 cm³/mol. The van der Waals surface area contributed by atoms with E-state index < -0.39 is 5.97 Å². The van der Waals surface area contributed by atoms with Gasteiger partial charge >= 0.3 is 5.97 Å². The third-order valence-corrected chi connectivity index (χ3v) is 4.71. The number of carbonyl (C=O) groups is 1. The fraction of sp³-hybridized carbons (Fsp3) is 0.938. The fourth-order valence-corrected chi connectivity index (χ4v) is 4.06. The summed E-state index contributed by atoms with van der Waals surface area (Å²) < 4.78 is 0. The first-order valence-electron chi connectivity index (χ1n) is 7.14. The van der Waals surface area contributed by atoms with Gasteiger partial charge in [0.2, 0.25) is 0 Å². The molecular formula is C16H32O2. The molecule has 1 unspecified atom stereocenters. The Labute approximate surface area is 113 Å². The van der Waals surface area contributed by atoms with Crippen molar-refractivity contribution in [1.82, 2.24) is 0 Å². The molecule has 0 rings (SSSR count). The molecule has 0 aromatic carbocycles. The molecular weight excluding hydrogens is 224 g/mol. The van der Waals surface area contributed by atoms with Crippen molar-refractivity contribution in [3.63, 3.8) is 0 Å². The Hall–Kier alpha value is -0.530. The molecule has 0 aliphatic rings. The molecule has 0 heterocycles. The van der Waals surface area contributed by atoms with Crippen LogP contribution in [0.4, 0.5) is 0 Å². The minimum atomic E-state index is -0.670. The lowest BCUT2D eigenvalue weighted by Crippen LogP contribution is -2.53. The van der Waals surface area contributed by atoms with Gasteiger partial charge in [-0.2, -0.15) is 0 Å². The number of carboxylic acid groups (broad SMARTS) is 1. The first-order chi connectivity index (χ1) is 7.91. The highest BCUT2D eigenvalue weighted by Gasteiger charge is 2.55. The molecule has 18 heavy (non-hydrogen) atoms. The maximum atomic E-state index is 11.6. The molecule has 0 aliphatic heterocycles. The van der Waals surface area contributed by atoms with E-state index in [1.165, 1.54) is 0 Å². The first-order valence-corrected chi connectivity index (χ1v) is 7.14. The number of hydrogen-bond acceptors (Lipinski definition) is 1. The Balaban J connectivity index is 5.80. The molecule has 2 heteroatoms. The van der Waals surface area contributed by atoms with Crippen LogP contribution >= 0.6 is 0 Å². The molecule has 0 amide bonds. The lowest BCUT2D eigenvalue weighted by Gasteiger charge is -2.56. The normalized spacial score (nSPS) is 15.6. The van der Waals surface area contributed by atoms with Crippen LogP contribution < -0.4 is 0 Å². The van der Waals surface area contributed by atoms with Gasteiger partial charge in [0.15, 0.2) is 0 Å². The summed E-state index contributed by atoms with van der Waals surface area (Å²) in [6.45, 7) is 17.2. The van der Waals surface area contributed by atoms with Gasteiger partial charge in [0.1, 0.15) is 0 Å². The van der Waals surface area contributed by atoms with E-state index in [2.05, 4.69) is 48.5 Å². The van der Waals surface area contributed by atoms with Crippen molar-refractivity contribution in [2.45, 2.75) is 74.7 Å². The molecule has 0 aromatic rings. The minimum absolute atomic E-state index is 0.0295. The summed E-state index contributed by atoms with van der Waals surface area (Å²) >= 11 is 0. The van der Waals surface area contributed by atoms with Gasteiger partial charge in [0, 0.05) is 0 Å². The van der Waals surface area contributed by atoms with E-state index in [0.717, 1.165) is 19.3 Å². The van der Waals surface area contributed by atoms with Gasteiger partial charge in [0.25, 0.3) is 0 Å². The van der Waals surface area contributed by atoms with E-state index in [1.54, 1.807) is 0 Å². The highest BCUT2D eigenvalue weighted by atomic mass is 16.4. The Morgan fingerprint density at radius 1 is 1.06 bits per heavy atom. The van der Waals surface area contributed by atoms with E-state index in [1.807, 2.05) is 6.92 Å². The van der Waals surface area contributed by atoms with Crippen molar-refractivity contribution in [2.75, 3.05) is 0 Å². The topological polar surface area (TPSA) is 37.3 Å². The summed E-state index contributed by atoms with van der Waals surface area (Å²) in [5.74, 6) is -1.000. The zero-order valence-corrected chi connectivity index (χ0v) is 13.6. The van der Waals surface area contributed by atoms with Crippen LogP contribution in [0.2, 0.25) is 0 Å². The predicted octanol–water partition coefficient (Wildman–Crippen LogP) is 4.98. The van der Waals surface area contributed by atoms with E-state index in [9.17, 15) is 9.90 Å². The van der Waals surface area contributed by atoms with E-state index in [4.69, 9.17) is 0 Å². The van der Waals surface area contributed by atoms with Crippen molar-refractivity contribution in [3.05, 3.63) is 0 Å². The van der Waals surface area contributed by atoms with E-state index in [0.29, 0.717) is 0 Å². The number of unbranched alkanes of at least 4 members (excludes halogenated alkanes) is 1. The van der Waals surface area contributed by atoms with Gasteiger partial charge in [-0.05, 0) is 22.7 Å². The molecule has 108 valence electrons. The number of aliphatic carboxylic acids is 1. The van der Waals surface area contributed by atoms with Gasteiger partial charge in [-0.1, -0.05) is 68.2 Å². The van der Waals surface area contributed by atoms with Crippen LogP contribution in [0.5, 0.6) is 0 Å². The molecule has 0 saturated carbocycles. The third-order valence-electron chi connectivity index (χ3n) is 4.71. The molecule has 0 saturated heterocycles. The monoisotopic (exact) mass is 256 g/mol.